The van der Waals surface area contributed by atoms with Crippen LogP contribution in [0.25, 0.3) is 17.0 Å². The molecule has 3 heterocycles. The average Bonchev–Trinajstić information content (AvgIpc) is 2.88. The van der Waals surface area contributed by atoms with E-state index in [0.717, 1.165) is 0 Å². The fraction of sp³-hybridized carbons (Fsp3) is 0.0667. The second-order valence-electron chi connectivity index (χ2n) is 4.21. The summed E-state index contributed by atoms with van der Waals surface area (Å²) >= 11 is 0. The molecule has 0 bridgehead atoms. The van der Waals surface area contributed by atoms with E-state index in [9.17, 15) is 4.79 Å². The Morgan fingerprint density at radius 2 is 2.10 bits per heavy atom. The SMILES string of the molecule is N#CCC(=O)c1nc(-c2ccccn2)n2ccccc12. The van der Waals surface area contributed by atoms with Crippen molar-refractivity contribution in [1.82, 2.24) is 14.4 Å². The Morgan fingerprint density at radius 3 is 2.85 bits per heavy atom. The van der Waals surface area contributed by atoms with Gasteiger partial charge in [-0.25, -0.2) is 4.98 Å². The second-order valence-corrected chi connectivity index (χ2v) is 4.21. The van der Waals surface area contributed by atoms with Crippen LogP contribution in [0.3, 0.4) is 0 Å². The molecular weight excluding hydrogens is 252 g/mol. The zero-order valence-corrected chi connectivity index (χ0v) is 10.5. The number of rotatable bonds is 3. The van der Waals surface area contributed by atoms with Crippen LogP contribution >= 0.6 is 0 Å². The number of fused-ring (bicyclic) bond motifs is 1. The molecule has 0 saturated heterocycles. The van der Waals surface area contributed by atoms with Crippen LogP contribution in [0.4, 0.5) is 0 Å². The molecule has 5 heteroatoms. The van der Waals surface area contributed by atoms with E-state index in [-0.39, 0.29) is 12.2 Å². The van der Waals surface area contributed by atoms with Crippen molar-refractivity contribution in [2.45, 2.75) is 6.42 Å². The van der Waals surface area contributed by atoms with E-state index in [1.54, 1.807) is 6.20 Å². The fourth-order valence-electron chi connectivity index (χ4n) is 2.07. The molecule has 3 aromatic rings. The summed E-state index contributed by atoms with van der Waals surface area (Å²) in [6, 6.07) is 12.9. The maximum Gasteiger partial charge on any atom is 0.197 e. The molecule has 0 N–H and O–H groups in total. The average molecular weight is 262 g/mol. The molecule has 0 fully saturated rings. The number of imidazole rings is 1. The molecule has 3 rings (SSSR count). The minimum atomic E-state index is -0.279. The molecular formula is C15H10N4O. The number of Topliss-reactive ketones (excluding diaryl/α,β-unsaturated/α-hetero) is 1. The van der Waals surface area contributed by atoms with E-state index < -0.39 is 0 Å². The Bertz CT molecular complexity index is 815. The molecule has 5 nitrogen and oxygen atoms in total. The quantitative estimate of drug-likeness (QED) is 0.680. The van der Waals surface area contributed by atoms with Crippen molar-refractivity contribution in [2.24, 2.45) is 0 Å². The molecule has 0 amide bonds. The van der Waals surface area contributed by atoms with Crippen LogP contribution in [0, 0.1) is 11.3 Å². The molecule has 96 valence electrons. The first-order valence-corrected chi connectivity index (χ1v) is 6.10. The van der Waals surface area contributed by atoms with Crippen LogP contribution < -0.4 is 0 Å². The smallest absolute Gasteiger partial charge is 0.197 e. The van der Waals surface area contributed by atoms with Gasteiger partial charge in [0.1, 0.15) is 17.8 Å². The van der Waals surface area contributed by atoms with Gasteiger partial charge in [0.05, 0.1) is 11.6 Å². The predicted molar refractivity (Wildman–Crippen MR) is 73.0 cm³/mol. The van der Waals surface area contributed by atoms with Crippen LogP contribution in [0.1, 0.15) is 16.9 Å². The van der Waals surface area contributed by atoms with Crippen molar-refractivity contribution in [3.8, 4) is 17.6 Å². The van der Waals surface area contributed by atoms with Crippen molar-refractivity contribution < 1.29 is 4.79 Å². The Balaban J connectivity index is 2.25. The Hall–Kier alpha value is -3.00. The van der Waals surface area contributed by atoms with Gasteiger partial charge in [-0.15, -0.1) is 0 Å². The van der Waals surface area contributed by atoms with Gasteiger partial charge in [-0.3, -0.25) is 14.2 Å². The topological polar surface area (TPSA) is 71.0 Å². The summed E-state index contributed by atoms with van der Waals surface area (Å²) in [6.45, 7) is 0. The molecule has 0 spiro atoms. The lowest BCUT2D eigenvalue weighted by Gasteiger charge is -1.99. The van der Waals surface area contributed by atoms with E-state index in [1.807, 2.05) is 53.1 Å². The molecule has 0 radical (unpaired) electrons. The summed E-state index contributed by atoms with van der Waals surface area (Å²) in [7, 11) is 0. The van der Waals surface area contributed by atoms with Gasteiger partial charge in [0, 0.05) is 12.4 Å². The lowest BCUT2D eigenvalue weighted by Crippen LogP contribution is -1.98. The molecule has 0 aromatic carbocycles. The third kappa shape index (κ3) is 1.93. The van der Waals surface area contributed by atoms with Gasteiger partial charge in [-0.1, -0.05) is 12.1 Å². The largest absolute Gasteiger partial charge is 0.298 e. The van der Waals surface area contributed by atoms with Crippen LogP contribution in [-0.2, 0) is 0 Å². The highest BCUT2D eigenvalue weighted by Gasteiger charge is 2.18. The van der Waals surface area contributed by atoms with Crippen LogP contribution in [-0.4, -0.2) is 20.2 Å². The van der Waals surface area contributed by atoms with Crippen molar-refractivity contribution >= 4 is 11.3 Å². The number of nitrogens with zero attached hydrogens (tertiary/aromatic N) is 4. The van der Waals surface area contributed by atoms with Gasteiger partial charge in [0.2, 0.25) is 0 Å². The number of carbonyl (C=O) groups excluding carboxylic acids is 1. The van der Waals surface area contributed by atoms with Crippen LogP contribution in [0.2, 0.25) is 0 Å². The molecule has 0 aliphatic heterocycles. The first-order chi connectivity index (χ1) is 9.81. The van der Waals surface area contributed by atoms with Gasteiger partial charge in [0.15, 0.2) is 11.6 Å². The standard InChI is InChI=1S/C15H10N4O/c16-8-7-13(20)14-12-6-2-4-10-19(12)15(18-14)11-5-1-3-9-17-11/h1-6,9-10H,7H2. The van der Waals surface area contributed by atoms with Gasteiger partial charge < -0.3 is 0 Å². The van der Waals surface area contributed by atoms with Crippen LogP contribution in [0.15, 0.2) is 48.8 Å². The predicted octanol–water partition coefficient (Wildman–Crippen LogP) is 2.49. The fourth-order valence-corrected chi connectivity index (χ4v) is 2.07. The Kier molecular flexibility index (Phi) is 2.98. The van der Waals surface area contributed by atoms with E-state index in [0.29, 0.717) is 22.7 Å². The number of pyridine rings is 2. The highest BCUT2D eigenvalue weighted by Crippen LogP contribution is 2.21. The summed E-state index contributed by atoms with van der Waals surface area (Å²) in [5, 5.41) is 8.68. The van der Waals surface area contributed by atoms with Gasteiger partial charge >= 0.3 is 0 Å². The first-order valence-electron chi connectivity index (χ1n) is 6.10. The maximum atomic E-state index is 12.0. The highest BCUT2D eigenvalue weighted by molar-refractivity contribution is 6.02. The minimum absolute atomic E-state index is 0.177. The zero-order chi connectivity index (χ0) is 13.9. The lowest BCUT2D eigenvalue weighted by molar-refractivity contribution is 0.0995. The third-order valence-electron chi connectivity index (χ3n) is 2.95. The molecule has 0 aliphatic rings. The highest BCUT2D eigenvalue weighted by atomic mass is 16.1. The summed E-state index contributed by atoms with van der Waals surface area (Å²) in [6.07, 6.45) is 3.33. The van der Waals surface area contributed by atoms with E-state index >= 15 is 0 Å². The second kappa shape index (κ2) is 4.94. The monoisotopic (exact) mass is 262 g/mol. The van der Waals surface area contributed by atoms with E-state index in [1.165, 1.54) is 0 Å². The molecule has 0 aliphatic carbocycles. The summed E-state index contributed by atoms with van der Waals surface area (Å²) in [4.78, 5) is 20.6. The molecule has 0 saturated carbocycles. The summed E-state index contributed by atoms with van der Waals surface area (Å²) in [5.74, 6) is 0.320. The molecule has 20 heavy (non-hydrogen) atoms. The normalized spacial score (nSPS) is 10.3. The molecule has 3 aromatic heterocycles. The number of nitriles is 1. The van der Waals surface area contributed by atoms with E-state index in [2.05, 4.69) is 9.97 Å². The Labute approximate surface area is 115 Å². The third-order valence-corrected chi connectivity index (χ3v) is 2.95. The van der Waals surface area contributed by atoms with Gasteiger partial charge in [-0.2, -0.15) is 5.26 Å². The van der Waals surface area contributed by atoms with Crippen molar-refractivity contribution in [1.29, 1.82) is 5.26 Å². The molecule has 0 atom stereocenters. The van der Waals surface area contributed by atoms with Crippen molar-refractivity contribution in [3.63, 3.8) is 0 Å². The van der Waals surface area contributed by atoms with Crippen molar-refractivity contribution in [3.05, 3.63) is 54.5 Å². The number of aromatic nitrogens is 3. The lowest BCUT2D eigenvalue weighted by atomic mass is 10.2. The van der Waals surface area contributed by atoms with Gasteiger partial charge in [-0.05, 0) is 24.3 Å². The number of ketones is 1. The molecule has 0 unspecified atom stereocenters. The zero-order valence-electron chi connectivity index (χ0n) is 10.5. The van der Waals surface area contributed by atoms with Crippen molar-refractivity contribution in [2.75, 3.05) is 0 Å². The van der Waals surface area contributed by atoms with Gasteiger partial charge in [0.25, 0.3) is 0 Å². The number of hydrogen-bond donors (Lipinski definition) is 0. The summed E-state index contributed by atoms with van der Waals surface area (Å²) in [5.41, 5.74) is 1.69. The van der Waals surface area contributed by atoms with Crippen LogP contribution in [0.5, 0.6) is 0 Å². The number of hydrogen-bond acceptors (Lipinski definition) is 4. The first kappa shape index (κ1) is 12.1. The Morgan fingerprint density at radius 1 is 1.25 bits per heavy atom. The number of carbonyl (C=O) groups is 1. The maximum absolute atomic E-state index is 12.0. The van der Waals surface area contributed by atoms with E-state index in [4.69, 9.17) is 5.26 Å². The summed E-state index contributed by atoms with van der Waals surface area (Å²) < 4.78 is 1.81. The minimum Gasteiger partial charge on any atom is -0.298 e.